The van der Waals surface area contributed by atoms with Gasteiger partial charge in [-0.05, 0) is 48.4 Å². The van der Waals surface area contributed by atoms with Gasteiger partial charge in [-0.3, -0.25) is 9.59 Å². The predicted octanol–water partition coefficient (Wildman–Crippen LogP) is 0.874. The molecule has 0 unspecified atom stereocenters. The SMILES string of the molecule is COc1ccc(CNC(=O)C(=O)NC[C@H]2OCCCN2S(=O)(=O)c2ccc(OC)cc2)cc1. The van der Waals surface area contributed by atoms with Crippen molar-refractivity contribution in [2.24, 2.45) is 0 Å². The van der Waals surface area contributed by atoms with Crippen LogP contribution < -0.4 is 20.1 Å². The summed E-state index contributed by atoms with van der Waals surface area (Å²) >= 11 is 0. The Bertz CT molecular complexity index is 1060. The van der Waals surface area contributed by atoms with Crippen LogP contribution in [-0.2, 0) is 30.9 Å². The van der Waals surface area contributed by atoms with E-state index in [4.69, 9.17) is 14.2 Å². The first-order valence-corrected chi connectivity index (χ1v) is 11.8. The lowest BCUT2D eigenvalue weighted by molar-refractivity contribution is -0.140. The van der Waals surface area contributed by atoms with Gasteiger partial charge in [0.05, 0.1) is 32.3 Å². The minimum absolute atomic E-state index is 0.0855. The zero-order valence-corrected chi connectivity index (χ0v) is 19.3. The summed E-state index contributed by atoms with van der Waals surface area (Å²) in [5.41, 5.74) is 0.796. The van der Waals surface area contributed by atoms with Gasteiger partial charge in [0, 0.05) is 13.1 Å². The predicted molar refractivity (Wildman–Crippen MR) is 119 cm³/mol. The van der Waals surface area contributed by atoms with Crippen LogP contribution in [0.5, 0.6) is 11.5 Å². The molecule has 0 radical (unpaired) electrons. The van der Waals surface area contributed by atoms with Crippen LogP contribution in [0.4, 0.5) is 0 Å². The highest BCUT2D eigenvalue weighted by molar-refractivity contribution is 7.89. The van der Waals surface area contributed by atoms with E-state index in [1.807, 2.05) is 0 Å². The molecule has 0 bridgehead atoms. The average molecular weight is 478 g/mol. The van der Waals surface area contributed by atoms with Crippen LogP contribution in [0.2, 0.25) is 0 Å². The van der Waals surface area contributed by atoms with Crippen LogP contribution in [-0.4, -0.2) is 64.7 Å². The molecule has 2 N–H and O–H groups in total. The number of nitrogens with zero attached hydrogens (tertiary/aromatic N) is 1. The van der Waals surface area contributed by atoms with Crippen molar-refractivity contribution in [3.05, 3.63) is 54.1 Å². The Balaban J connectivity index is 1.57. The van der Waals surface area contributed by atoms with Crippen molar-refractivity contribution >= 4 is 21.8 Å². The van der Waals surface area contributed by atoms with E-state index in [9.17, 15) is 18.0 Å². The molecule has 1 atom stereocenters. The van der Waals surface area contributed by atoms with E-state index in [-0.39, 0.29) is 24.5 Å². The van der Waals surface area contributed by atoms with Crippen molar-refractivity contribution in [1.29, 1.82) is 0 Å². The lowest BCUT2D eigenvalue weighted by Gasteiger charge is -2.34. The Labute approximate surface area is 192 Å². The van der Waals surface area contributed by atoms with Crippen molar-refractivity contribution < 1.29 is 32.2 Å². The zero-order chi connectivity index (χ0) is 23.8. The molecule has 33 heavy (non-hydrogen) atoms. The number of carbonyl (C=O) groups excluding carboxylic acids is 2. The maximum absolute atomic E-state index is 13.1. The zero-order valence-electron chi connectivity index (χ0n) is 18.4. The fraction of sp³-hybridized carbons (Fsp3) is 0.364. The third-order valence-corrected chi connectivity index (χ3v) is 6.98. The molecule has 1 aliphatic rings. The van der Waals surface area contributed by atoms with Gasteiger partial charge < -0.3 is 24.8 Å². The largest absolute Gasteiger partial charge is 0.497 e. The second-order valence-corrected chi connectivity index (χ2v) is 9.10. The lowest BCUT2D eigenvalue weighted by atomic mass is 10.2. The van der Waals surface area contributed by atoms with E-state index in [0.29, 0.717) is 24.5 Å². The topological polar surface area (TPSA) is 123 Å². The molecule has 0 aromatic heterocycles. The van der Waals surface area contributed by atoms with Gasteiger partial charge in [0.1, 0.15) is 17.7 Å². The van der Waals surface area contributed by atoms with Crippen molar-refractivity contribution in [3.63, 3.8) is 0 Å². The van der Waals surface area contributed by atoms with Crippen LogP contribution >= 0.6 is 0 Å². The molecule has 1 aliphatic heterocycles. The monoisotopic (exact) mass is 477 g/mol. The Kier molecular flexibility index (Phi) is 8.26. The molecular formula is C22H27N3O7S. The molecule has 10 nitrogen and oxygen atoms in total. The second-order valence-electron chi connectivity index (χ2n) is 7.21. The van der Waals surface area contributed by atoms with E-state index >= 15 is 0 Å². The quantitative estimate of drug-likeness (QED) is 0.541. The number of rotatable bonds is 8. The van der Waals surface area contributed by atoms with E-state index in [1.54, 1.807) is 43.5 Å². The molecule has 0 saturated carbocycles. The lowest BCUT2D eigenvalue weighted by Crippen LogP contribution is -2.53. The first-order valence-electron chi connectivity index (χ1n) is 10.3. The van der Waals surface area contributed by atoms with E-state index in [2.05, 4.69) is 10.6 Å². The maximum Gasteiger partial charge on any atom is 0.309 e. The highest BCUT2D eigenvalue weighted by atomic mass is 32.2. The summed E-state index contributed by atoms with van der Waals surface area (Å²) in [4.78, 5) is 24.4. The molecule has 0 spiro atoms. The first-order chi connectivity index (χ1) is 15.8. The molecule has 2 aromatic rings. The summed E-state index contributed by atoms with van der Waals surface area (Å²) in [6.45, 7) is 0.579. The average Bonchev–Trinajstić information content (AvgIpc) is 2.86. The van der Waals surface area contributed by atoms with Gasteiger partial charge in [0.15, 0.2) is 0 Å². The number of methoxy groups -OCH3 is 2. The third kappa shape index (κ3) is 6.21. The van der Waals surface area contributed by atoms with Crippen LogP contribution in [0.25, 0.3) is 0 Å². The van der Waals surface area contributed by atoms with Gasteiger partial charge >= 0.3 is 11.8 Å². The molecule has 3 rings (SSSR count). The summed E-state index contributed by atoms with van der Waals surface area (Å²) in [5.74, 6) is -0.483. The fourth-order valence-electron chi connectivity index (χ4n) is 3.25. The number of nitrogens with one attached hydrogen (secondary N) is 2. The molecular weight excluding hydrogens is 450 g/mol. The van der Waals surface area contributed by atoms with Crippen LogP contribution in [0, 0.1) is 0 Å². The summed E-state index contributed by atoms with van der Waals surface area (Å²) in [6, 6.07) is 13.1. The molecule has 2 aromatic carbocycles. The minimum Gasteiger partial charge on any atom is -0.497 e. The number of sulfonamides is 1. The van der Waals surface area contributed by atoms with Gasteiger partial charge in [-0.1, -0.05) is 12.1 Å². The first kappa shape index (κ1) is 24.5. The van der Waals surface area contributed by atoms with E-state index < -0.39 is 28.1 Å². The van der Waals surface area contributed by atoms with Crippen LogP contribution in [0.1, 0.15) is 12.0 Å². The fourth-order valence-corrected chi connectivity index (χ4v) is 4.82. The van der Waals surface area contributed by atoms with E-state index in [1.165, 1.54) is 23.5 Å². The van der Waals surface area contributed by atoms with Crippen molar-refractivity contribution in [2.75, 3.05) is 33.9 Å². The second kappa shape index (κ2) is 11.1. The Morgan fingerprint density at radius 1 is 0.970 bits per heavy atom. The van der Waals surface area contributed by atoms with Crippen molar-refractivity contribution in [1.82, 2.24) is 14.9 Å². The standard InChI is InChI=1S/C22H27N3O7S/c1-30-17-6-4-16(5-7-17)14-23-21(26)22(27)24-15-20-25(12-3-13-32-20)33(28,29)19-10-8-18(31-2)9-11-19/h4-11,20H,3,12-15H2,1-2H3,(H,23,26)(H,24,27)/t20-/m1/s1. The van der Waals surface area contributed by atoms with Crippen LogP contribution in [0.15, 0.2) is 53.4 Å². The maximum atomic E-state index is 13.1. The molecule has 0 aliphatic carbocycles. The summed E-state index contributed by atoms with van der Waals surface area (Å²) in [5, 5.41) is 4.98. The summed E-state index contributed by atoms with van der Waals surface area (Å²) < 4.78 is 43.1. The van der Waals surface area contributed by atoms with Gasteiger partial charge in [-0.25, -0.2) is 8.42 Å². The summed E-state index contributed by atoms with van der Waals surface area (Å²) in [6.07, 6.45) is -0.411. The number of benzene rings is 2. The normalized spacial score (nSPS) is 16.6. The van der Waals surface area contributed by atoms with E-state index in [0.717, 1.165) is 5.56 Å². The summed E-state index contributed by atoms with van der Waals surface area (Å²) in [7, 11) is -0.816. The van der Waals surface area contributed by atoms with Gasteiger partial charge in [0.2, 0.25) is 10.0 Å². The minimum atomic E-state index is -3.87. The molecule has 1 saturated heterocycles. The highest BCUT2D eigenvalue weighted by Gasteiger charge is 2.35. The molecule has 1 heterocycles. The van der Waals surface area contributed by atoms with Gasteiger partial charge in [0.25, 0.3) is 0 Å². The third-order valence-electron chi connectivity index (χ3n) is 5.08. The highest BCUT2D eigenvalue weighted by Crippen LogP contribution is 2.23. The Morgan fingerprint density at radius 2 is 1.55 bits per heavy atom. The molecule has 178 valence electrons. The molecule has 2 amide bonds. The number of amides is 2. The molecule has 11 heteroatoms. The molecule has 1 fully saturated rings. The smallest absolute Gasteiger partial charge is 0.309 e. The number of ether oxygens (including phenoxy) is 3. The van der Waals surface area contributed by atoms with Crippen molar-refractivity contribution in [3.8, 4) is 11.5 Å². The number of hydrogen-bond donors (Lipinski definition) is 2. The van der Waals surface area contributed by atoms with Gasteiger partial charge in [-0.2, -0.15) is 4.31 Å². The number of hydrogen-bond acceptors (Lipinski definition) is 7. The Hall–Kier alpha value is -3.15. The Morgan fingerprint density at radius 3 is 2.15 bits per heavy atom. The number of carbonyl (C=O) groups is 2. The van der Waals surface area contributed by atoms with Crippen LogP contribution in [0.3, 0.4) is 0 Å². The van der Waals surface area contributed by atoms with Gasteiger partial charge in [-0.15, -0.1) is 0 Å². The van der Waals surface area contributed by atoms with Crippen molar-refractivity contribution in [2.45, 2.75) is 24.1 Å².